The lowest BCUT2D eigenvalue weighted by Crippen LogP contribution is -2.43. The van der Waals surface area contributed by atoms with Gasteiger partial charge in [-0.2, -0.15) is 0 Å². The van der Waals surface area contributed by atoms with E-state index in [2.05, 4.69) is 20.2 Å². The standard InChI is InChI=1S/C20H25ClN4O/c21-17-5-3-16(4-6-17)20(7-8-20)19(26)24-12-15-2-1-11-25(13-15)14-18-22-9-10-23-18/h3-6,9-10,15H,1-2,7-8,11-14H2,(H,22,23)(H,24,26)/t15-/m0/s1. The van der Waals surface area contributed by atoms with Crippen LogP contribution in [0.5, 0.6) is 0 Å². The normalized spacial score (nSPS) is 22.1. The van der Waals surface area contributed by atoms with Crippen LogP contribution in [0.2, 0.25) is 5.02 Å². The van der Waals surface area contributed by atoms with Crippen molar-refractivity contribution < 1.29 is 4.79 Å². The summed E-state index contributed by atoms with van der Waals surface area (Å²) in [5, 5.41) is 3.94. The third-order valence-electron chi connectivity index (χ3n) is 5.66. The van der Waals surface area contributed by atoms with E-state index in [4.69, 9.17) is 11.6 Å². The van der Waals surface area contributed by atoms with Crippen LogP contribution in [0.4, 0.5) is 0 Å². The third-order valence-corrected chi connectivity index (χ3v) is 5.92. The lowest BCUT2D eigenvalue weighted by Gasteiger charge is -2.32. The van der Waals surface area contributed by atoms with Gasteiger partial charge in [0.1, 0.15) is 5.82 Å². The maximum atomic E-state index is 12.8. The zero-order valence-electron chi connectivity index (χ0n) is 14.9. The lowest BCUT2D eigenvalue weighted by atomic mass is 9.93. The summed E-state index contributed by atoms with van der Waals surface area (Å²) in [6.45, 7) is 3.71. The Labute approximate surface area is 159 Å². The first-order chi connectivity index (χ1) is 12.7. The highest BCUT2D eigenvalue weighted by atomic mass is 35.5. The Kier molecular flexibility index (Phi) is 5.00. The second kappa shape index (κ2) is 7.41. The van der Waals surface area contributed by atoms with Crippen LogP contribution < -0.4 is 5.32 Å². The monoisotopic (exact) mass is 372 g/mol. The molecule has 2 N–H and O–H groups in total. The second-order valence-electron chi connectivity index (χ2n) is 7.58. The molecule has 1 saturated heterocycles. The van der Waals surface area contributed by atoms with Gasteiger partial charge in [-0.1, -0.05) is 23.7 Å². The van der Waals surface area contributed by atoms with Crippen molar-refractivity contribution in [1.82, 2.24) is 20.2 Å². The number of nitrogens with zero attached hydrogens (tertiary/aromatic N) is 2. The number of carbonyl (C=O) groups is 1. The quantitative estimate of drug-likeness (QED) is 0.819. The highest BCUT2D eigenvalue weighted by molar-refractivity contribution is 6.30. The zero-order chi connectivity index (χ0) is 18.0. The molecule has 0 bridgehead atoms. The van der Waals surface area contributed by atoms with Gasteiger partial charge in [-0.25, -0.2) is 4.98 Å². The van der Waals surface area contributed by atoms with Crippen molar-refractivity contribution in [1.29, 1.82) is 0 Å². The van der Waals surface area contributed by atoms with Gasteiger partial charge in [0.25, 0.3) is 0 Å². The maximum Gasteiger partial charge on any atom is 0.230 e. The maximum absolute atomic E-state index is 12.8. The van der Waals surface area contributed by atoms with Crippen molar-refractivity contribution in [2.45, 2.75) is 37.6 Å². The molecule has 0 radical (unpaired) electrons. The Hall–Kier alpha value is -1.85. The first-order valence-corrected chi connectivity index (χ1v) is 9.78. The number of carbonyl (C=O) groups excluding carboxylic acids is 1. The Bertz CT molecular complexity index is 740. The smallest absolute Gasteiger partial charge is 0.230 e. The molecule has 1 aliphatic heterocycles. The Morgan fingerprint density at radius 3 is 2.85 bits per heavy atom. The summed E-state index contributed by atoms with van der Waals surface area (Å²) < 4.78 is 0. The van der Waals surface area contributed by atoms with E-state index in [1.54, 1.807) is 6.20 Å². The molecule has 2 aromatic rings. The molecular formula is C20H25ClN4O. The van der Waals surface area contributed by atoms with Crippen molar-refractivity contribution in [2.24, 2.45) is 5.92 Å². The van der Waals surface area contributed by atoms with Gasteiger partial charge in [-0.05, 0) is 55.8 Å². The molecule has 0 unspecified atom stereocenters. The summed E-state index contributed by atoms with van der Waals surface area (Å²) >= 11 is 5.98. The van der Waals surface area contributed by atoms with Crippen LogP contribution in [-0.2, 0) is 16.8 Å². The van der Waals surface area contributed by atoms with Gasteiger partial charge in [-0.3, -0.25) is 9.69 Å². The molecule has 5 nitrogen and oxygen atoms in total. The minimum Gasteiger partial charge on any atom is -0.355 e. The fraction of sp³-hybridized carbons (Fsp3) is 0.500. The van der Waals surface area contributed by atoms with Crippen LogP contribution in [0.25, 0.3) is 0 Å². The lowest BCUT2D eigenvalue weighted by molar-refractivity contribution is -0.123. The van der Waals surface area contributed by atoms with E-state index in [0.29, 0.717) is 10.9 Å². The predicted octanol–water partition coefficient (Wildman–Crippen LogP) is 3.12. The summed E-state index contributed by atoms with van der Waals surface area (Å²) in [6.07, 6.45) is 7.85. The molecule has 1 atom stereocenters. The zero-order valence-corrected chi connectivity index (χ0v) is 15.6. The van der Waals surface area contributed by atoms with Crippen LogP contribution in [0.15, 0.2) is 36.7 Å². The van der Waals surface area contributed by atoms with Gasteiger partial charge >= 0.3 is 0 Å². The summed E-state index contributed by atoms with van der Waals surface area (Å²) in [6, 6.07) is 7.72. The van der Waals surface area contributed by atoms with E-state index in [1.807, 2.05) is 30.5 Å². The number of aromatic nitrogens is 2. The van der Waals surface area contributed by atoms with Crippen molar-refractivity contribution in [2.75, 3.05) is 19.6 Å². The molecule has 1 aromatic heterocycles. The molecule has 26 heavy (non-hydrogen) atoms. The van der Waals surface area contributed by atoms with Crippen LogP contribution in [0.3, 0.4) is 0 Å². The first-order valence-electron chi connectivity index (χ1n) is 9.41. The average Bonchev–Trinajstić information content (AvgIpc) is 3.31. The van der Waals surface area contributed by atoms with Crippen molar-refractivity contribution in [3.8, 4) is 0 Å². The molecule has 4 rings (SSSR count). The number of piperidine rings is 1. The molecule has 1 aromatic carbocycles. The number of H-pyrrole nitrogens is 1. The summed E-state index contributed by atoms with van der Waals surface area (Å²) in [5.41, 5.74) is 0.759. The van der Waals surface area contributed by atoms with Gasteiger partial charge in [0.2, 0.25) is 5.91 Å². The number of imidazole rings is 1. The van der Waals surface area contributed by atoms with Gasteiger partial charge in [0.05, 0.1) is 12.0 Å². The van der Waals surface area contributed by atoms with E-state index in [1.165, 1.54) is 12.8 Å². The number of aromatic amines is 1. The summed E-state index contributed by atoms with van der Waals surface area (Å²) in [4.78, 5) is 22.7. The SMILES string of the molecule is O=C(NC[C@@H]1CCCN(Cc2ncc[nH]2)C1)C1(c2ccc(Cl)cc2)CC1. The highest BCUT2D eigenvalue weighted by Gasteiger charge is 2.51. The number of nitrogens with one attached hydrogen (secondary N) is 2. The molecule has 0 spiro atoms. The molecular weight excluding hydrogens is 348 g/mol. The number of amides is 1. The van der Waals surface area contributed by atoms with Crippen LogP contribution in [0, 0.1) is 5.92 Å². The van der Waals surface area contributed by atoms with Crippen molar-refractivity contribution in [3.63, 3.8) is 0 Å². The summed E-state index contributed by atoms with van der Waals surface area (Å²) in [7, 11) is 0. The fourth-order valence-corrected chi connectivity index (χ4v) is 4.13. The Morgan fingerprint density at radius 1 is 1.35 bits per heavy atom. The molecule has 2 fully saturated rings. The minimum atomic E-state index is -0.326. The summed E-state index contributed by atoms with van der Waals surface area (Å²) in [5.74, 6) is 1.68. The fourth-order valence-electron chi connectivity index (χ4n) is 4.00. The van der Waals surface area contributed by atoms with Gasteiger partial charge in [0.15, 0.2) is 0 Å². The van der Waals surface area contributed by atoms with Crippen molar-refractivity contribution >= 4 is 17.5 Å². The first kappa shape index (κ1) is 17.6. The Morgan fingerprint density at radius 2 is 2.15 bits per heavy atom. The van der Waals surface area contributed by atoms with E-state index in [-0.39, 0.29) is 11.3 Å². The second-order valence-corrected chi connectivity index (χ2v) is 8.01. The number of likely N-dealkylation sites (tertiary alicyclic amines) is 1. The van der Waals surface area contributed by atoms with Gasteiger partial charge < -0.3 is 10.3 Å². The minimum absolute atomic E-state index is 0.169. The third kappa shape index (κ3) is 3.79. The molecule has 6 heteroatoms. The number of rotatable bonds is 6. The molecule has 1 aliphatic carbocycles. The van der Waals surface area contributed by atoms with Gasteiger partial charge in [-0.15, -0.1) is 0 Å². The highest BCUT2D eigenvalue weighted by Crippen LogP contribution is 2.48. The number of halogens is 1. The predicted molar refractivity (Wildman–Crippen MR) is 102 cm³/mol. The molecule has 1 saturated carbocycles. The number of benzene rings is 1. The molecule has 138 valence electrons. The Balaban J connectivity index is 1.30. The van der Waals surface area contributed by atoms with Crippen LogP contribution in [0.1, 0.15) is 37.1 Å². The molecule has 2 aliphatic rings. The van der Waals surface area contributed by atoms with Crippen LogP contribution in [-0.4, -0.2) is 40.4 Å². The van der Waals surface area contributed by atoms with E-state index in [0.717, 1.165) is 50.4 Å². The van der Waals surface area contributed by atoms with E-state index in [9.17, 15) is 4.79 Å². The number of hydrogen-bond acceptors (Lipinski definition) is 3. The van der Waals surface area contributed by atoms with Crippen LogP contribution >= 0.6 is 11.6 Å². The van der Waals surface area contributed by atoms with Gasteiger partial charge in [0, 0.05) is 30.5 Å². The van der Waals surface area contributed by atoms with E-state index < -0.39 is 0 Å². The number of hydrogen-bond donors (Lipinski definition) is 2. The largest absolute Gasteiger partial charge is 0.355 e. The molecule has 1 amide bonds. The topological polar surface area (TPSA) is 61.0 Å². The van der Waals surface area contributed by atoms with E-state index >= 15 is 0 Å². The molecule has 2 heterocycles. The van der Waals surface area contributed by atoms with Crippen molar-refractivity contribution in [3.05, 3.63) is 53.1 Å². The average molecular weight is 373 g/mol.